The number of rotatable bonds is 3. The topological polar surface area (TPSA) is 63.5 Å². The van der Waals surface area contributed by atoms with Gasteiger partial charge in [-0.2, -0.15) is 0 Å². The highest BCUT2D eigenvalue weighted by Gasteiger charge is 2.06. The van der Waals surface area contributed by atoms with Crippen molar-refractivity contribution < 1.29 is 5.21 Å². The number of benzene rings is 1. The van der Waals surface area contributed by atoms with E-state index in [9.17, 15) is 0 Å². The Labute approximate surface area is 104 Å². The molecule has 0 bridgehead atoms. The van der Waals surface area contributed by atoms with Gasteiger partial charge < -0.3 is 10.9 Å². The SMILES string of the molecule is NCc1ccc(-n2c(Cl)ccc2C=NO)cc1. The van der Waals surface area contributed by atoms with Crippen LogP contribution < -0.4 is 5.73 Å². The third-order valence-electron chi connectivity index (χ3n) is 2.48. The summed E-state index contributed by atoms with van der Waals surface area (Å²) in [6.45, 7) is 0.505. The Morgan fingerprint density at radius 2 is 1.94 bits per heavy atom. The average molecular weight is 250 g/mol. The summed E-state index contributed by atoms with van der Waals surface area (Å²) >= 11 is 6.08. The van der Waals surface area contributed by atoms with E-state index < -0.39 is 0 Å². The Bertz CT molecular complexity index is 531. The number of oxime groups is 1. The molecule has 0 fully saturated rings. The minimum atomic E-state index is 0.505. The highest BCUT2D eigenvalue weighted by atomic mass is 35.5. The second kappa shape index (κ2) is 5.03. The molecule has 2 aromatic rings. The van der Waals surface area contributed by atoms with Gasteiger partial charge in [-0.25, -0.2) is 0 Å². The van der Waals surface area contributed by atoms with Gasteiger partial charge in [-0.05, 0) is 29.8 Å². The number of hydrogen-bond donors (Lipinski definition) is 2. The molecular weight excluding hydrogens is 238 g/mol. The minimum Gasteiger partial charge on any atom is -0.411 e. The number of halogens is 1. The van der Waals surface area contributed by atoms with Gasteiger partial charge in [0, 0.05) is 12.2 Å². The van der Waals surface area contributed by atoms with E-state index in [1.165, 1.54) is 6.21 Å². The monoisotopic (exact) mass is 249 g/mol. The van der Waals surface area contributed by atoms with Crippen molar-refractivity contribution in [2.45, 2.75) is 6.54 Å². The van der Waals surface area contributed by atoms with Crippen molar-refractivity contribution in [3.8, 4) is 5.69 Å². The van der Waals surface area contributed by atoms with Crippen molar-refractivity contribution in [2.24, 2.45) is 10.9 Å². The molecule has 88 valence electrons. The highest BCUT2D eigenvalue weighted by molar-refractivity contribution is 6.30. The first kappa shape index (κ1) is 11.7. The van der Waals surface area contributed by atoms with E-state index >= 15 is 0 Å². The Morgan fingerprint density at radius 3 is 2.53 bits per heavy atom. The molecule has 1 aromatic carbocycles. The molecule has 1 heterocycles. The first-order valence-electron chi connectivity index (χ1n) is 5.10. The van der Waals surface area contributed by atoms with Gasteiger partial charge in [0.2, 0.25) is 0 Å². The average Bonchev–Trinajstić information content (AvgIpc) is 2.71. The van der Waals surface area contributed by atoms with Crippen LogP contribution in [0.3, 0.4) is 0 Å². The zero-order valence-electron chi connectivity index (χ0n) is 9.05. The molecule has 5 heteroatoms. The summed E-state index contributed by atoms with van der Waals surface area (Å²) in [5.74, 6) is 0. The van der Waals surface area contributed by atoms with Crippen LogP contribution in [-0.2, 0) is 6.54 Å². The van der Waals surface area contributed by atoms with Crippen molar-refractivity contribution in [2.75, 3.05) is 0 Å². The van der Waals surface area contributed by atoms with Crippen molar-refractivity contribution in [3.05, 3.63) is 52.8 Å². The number of nitrogens with two attached hydrogens (primary N) is 1. The zero-order valence-corrected chi connectivity index (χ0v) is 9.80. The van der Waals surface area contributed by atoms with E-state index in [4.69, 9.17) is 22.5 Å². The van der Waals surface area contributed by atoms with Crippen LogP contribution in [0.25, 0.3) is 5.69 Å². The maximum Gasteiger partial charge on any atom is 0.114 e. The third-order valence-corrected chi connectivity index (χ3v) is 2.78. The van der Waals surface area contributed by atoms with Gasteiger partial charge in [0.25, 0.3) is 0 Å². The Balaban J connectivity index is 2.47. The van der Waals surface area contributed by atoms with Crippen LogP contribution >= 0.6 is 11.6 Å². The van der Waals surface area contributed by atoms with E-state index in [1.54, 1.807) is 16.7 Å². The van der Waals surface area contributed by atoms with Crippen LogP contribution in [0.15, 0.2) is 41.6 Å². The largest absolute Gasteiger partial charge is 0.411 e. The summed E-state index contributed by atoms with van der Waals surface area (Å²) in [4.78, 5) is 0. The molecule has 0 saturated carbocycles. The van der Waals surface area contributed by atoms with Crippen LogP contribution in [0.5, 0.6) is 0 Å². The van der Waals surface area contributed by atoms with Gasteiger partial charge in [0.1, 0.15) is 5.15 Å². The van der Waals surface area contributed by atoms with Gasteiger partial charge in [-0.3, -0.25) is 4.57 Å². The van der Waals surface area contributed by atoms with Crippen LogP contribution in [0.2, 0.25) is 5.15 Å². The fourth-order valence-corrected chi connectivity index (χ4v) is 1.90. The van der Waals surface area contributed by atoms with Gasteiger partial charge in [-0.15, -0.1) is 0 Å². The Hall–Kier alpha value is -1.78. The summed E-state index contributed by atoms with van der Waals surface area (Å²) in [5, 5.41) is 12.1. The molecule has 0 unspecified atom stereocenters. The Morgan fingerprint density at radius 1 is 1.24 bits per heavy atom. The van der Waals surface area contributed by atoms with Crippen LogP contribution in [0.4, 0.5) is 0 Å². The molecule has 3 N–H and O–H groups in total. The second-order valence-electron chi connectivity index (χ2n) is 3.53. The van der Waals surface area contributed by atoms with Gasteiger partial charge in [0.15, 0.2) is 0 Å². The molecule has 0 spiro atoms. The molecule has 1 aromatic heterocycles. The fraction of sp³-hybridized carbons (Fsp3) is 0.0833. The summed E-state index contributed by atoms with van der Waals surface area (Å²) in [6.07, 6.45) is 1.34. The smallest absolute Gasteiger partial charge is 0.114 e. The molecule has 2 rings (SSSR count). The molecule has 0 aliphatic carbocycles. The van der Waals surface area contributed by atoms with Gasteiger partial charge in [-0.1, -0.05) is 28.9 Å². The minimum absolute atomic E-state index is 0.505. The standard InChI is InChI=1S/C12H12ClN3O/c13-12-6-5-11(8-15-17)16(12)10-3-1-9(7-14)2-4-10/h1-6,8,17H,7,14H2. The lowest BCUT2D eigenvalue weighted by Gasteiger charge is -2.08. The quantitative estimate of drug-likeness (QED) is 0.498. The van der Waals surface area contributed by atoms with E-state index in [-0.39, 0.29) is 0 Å². The molecule has 0 atom stereocenters. The van der Waals surface area contributed by atoms with Crippen LogP contribution in [0.1, 0.15) is 11.3 Å². The predicted octanol–water partition coefficient (Wildman–Crippen LogP) is 2.40. The molecule has 17 heavy (non-hydrogen) atoms. The van der Waals surface area contributed by atoms with Crippen LogP contribution in [0, 0.1) is 0 Å². The molecule has 4 nitrogen and oxygen atoms in total. The zero-order chi connectivity index (χ0) is 12.3. The van der Waals surface area contributed by atoms with Crippen molar-refractivity contribution in [1.82, 2.24) is 4.57 Å². The lowest BCUT2D eigenvalue weighted by atomic mass is 10.2. The fourth-order valence-electron chi connectivity index (χ4n) is 1.64. The highest BCUT2D eigenvalue weighted by Crippen LogP contribution is 2.20. The Kier molecular flexibility index (Phi) is 3.46. The molecule has 0 radical (unpaired) electrons. The van der Waals surface area contributed by atoms with Crippen molar-refractivity contribution in [3.63, 3.8) is 0 Å². The molecule has 0 aliphatic heterocycles. The third kappa shape index (κ3) is 2.33. The van der Waals surface area contributed by atoms with E-state index in [1.807, 2.05) is 24.3 Å². The van der Waals surface area contributed by atoms with Gasteiger partial charge >= 0.3 is 0 Å². The van der Waals surface area contributed by atoms with E-state index in [0.29, 0.717) is 17.4 Å². The molecule has 0 amide bonds. The maximum atomic E-state index is 8.58. The number of hydrogen-bond acceptors (Lipinski definition) is 3. The number of aromatic nitrogens is 1. The van der Waals surface area contributed by atoms with Crippen molar-refractivity contribution in [1.29, 1.82) is 0 Å². The van der Waals surface area contributed by atoms with Crippen LogP contribution in [-0.4, -0.2) is 16.0 Å². The summed E-state index contributed by atoms with van der Waals surface area (Å²) in [7, 11) is 0. The normalized spacial score (nSPS) is 11.2. The summed E-state index contributed by atoms with van der Waals surface area (Å²) < 4.78 is 1.78. The van der Waals surface area contributed by atoms with E-state index in [2.05, 4.69) is 5.16 Å². The first-order chi connectivity index (χ1) is 8.26. The van der Waals surface area contributed by atoms with E-state index in [0.717, 1.165) is 11.3 Å². The summed E-state index contributed by atoms with van der Waals surface area (Å²) in [5.41, 5.74) is 8.19. The second-order valence-corrected chi connectivity index (χ2v) is 3.92. The van der Waals surface area contributed by atoms with Gasteiger partial charge in [0.05, 0.1) is 11.9 Å². The molecule has 0 aliphatic rings. The predicted molar refractivity (Wildman–Crippen MR) is 68.1 cm³/mol. The first-order valence-corrected chi connectivity index (χ1v) is 5.48. The summed E-state index contributed by atoms with van der Waals surface area (Å²) in [6, 6.07) is 11.2. The van der Waals surface area contributed by atoms with Crippen molar-refractivity contribution >= 4 is 17.8 Å². The number of nitrogens with zero attached hydrogens (tertiary/aromatic N) is 2. The molecular formula is C12H12ClN3O. The maximum absolute atomic E-state index is 8.58. The lowest BCUT2D eigenvalue weighted by molar-refractivity contribution is 0.321. The molecule has 0 saturated heterocycles. The lowest BCUT2D eigenvalue weighted by Crippen LogP contribution is -2.01.